The summed E-state index contributed by atoms with van der Waals surface area (Å²) in [4.78, 5) is 2.41. The SMILES string of the molecule is CNc1snnc1CN(Cc1ccco1)C1CC1. The summed E-state index contributed by atoms with van der Waals surface area (Å²) in [6.07, 6.45) is 4.27. The number of hydrogen-bond donors (Lipinski definition) is 1. The molecule has 0 aliphatic heterocycles. The molecule has 0 aromatic carbocycles. The Morgan fingerprint density at radius 3 is 3.06 bits per heavy atom. The number of nitrogens with zero attached hydrogens (tertiary/aromatic N) is 3. The third kappa shape index (κ3) is 2.54. The smallest absolute Gasteiger partial charge is 0.134 e. The van der Waals surface area contributed by atoms with Crippen LogP contribution in [0.1, 0.15) is 24.3 Å². The van der Waals surface area contributed by atoms with E-state index in [1.54, 1.807) is 6.26 Å². The maximum atomic E-state index is 5.43. The van der Waals surface area contributed by atoms with E-state index in [0.717, 1.165) is 29.5 Å². The van der Waals surface area contributed by atoms with Gasteiger partial charge in [-0.25, -0.2) is 0 Å². The number of aromatic nitrogens is 2. The van der Waals surface area contributed by atoms with Crippen molar-refractivity contribution in [3.8, 4) is 0 Å². The Labute approximate surface area is 110 Å². The van der Waals surface area contributed by atoms with Crippen molar-refractivity contribution in [3.05, 3.63) is 29.9 Å². The molecule has 2 heterocycles. The molecule has 0 atom stereocenters. The highest BCUT2D eigenvalue weighted by Crippen LogP contribution is 2.31. The largest absolute Gasteiger partial charge is 0.468 e. The van der Waals surface area contributed by atoms with Gasteiger partial charge < -0.3 is 9.73 Å². The number of nitrogens with one attached hydrogen (secondary N) is 1. The predicted octanol–water partition coefficient (Wildman–Crippen LogP) is 2.34. The van der Waals surface area contributed by atoms with Crippen molar-refractivity contribution in [2.75, 3.05) is 12.4 Å². The summed E-state index contributed by atoms with van der Waals surface area (Å²) < 4.78 is 9.43. The molecule has 6 heteroatoms. The molecule has 0 amide bonds. The topological polar surface area (TPSA) is 54.2 Å². The summed E-state index contributed by atoms with van der Waals surface area (Å²) in [5.74, 6) is 1.01. The molecular formula is C12H16N4OS. The van der Waals surface area contributed by atoms with Crippen LogP contribution in [0.4, 0.5) is 5.00 Å². The lowest BCUT2D eigenvalue weighted by Gasteiger charge is -2.19. The summed E-state index contributed by atoms with van der Waals surface area (Å²) in [7, 11) is 1.91. The first-order valence-electron chi connectivity index (χ1n) is 6.12. The van der Waals surface area contributed by atoms with Gasteiger partial charge in [-0.2, -0.15) is 0 Å². The van der Waals surface area contributed by atoms with Gasteiger partial charge in [0.2, 0.25) is 0 Å². The second-order valence-electron chi connectivity index (χ2n) is 4.51. The fraction of sp³-hybridized carbons (Fsp3) is 0.500. The molecule has 1 aliphatic rings. The van der Waals surface area contributed by atoms with Gasteiger partial charge in [-0.15, -0.1) is 5.10 Å². The lowest BCUT2D eigenvalue weighted by molar-refractivity contribution is 0.223. The van der Waals surface area contributed by atoms with Gasteiger partial charge >= 0.3 is 0 Å². The number of anilines is 1. The minimum atomic E-state index is 0.668. The van der Waals surface area contributed by atoms with Crippen LogP contribution in [-0.4, -0.2) is 27.6 Å². The molecule has 5 nitrogen and oxygen atoms in total. The summed E-state index contributed by atoms with van der Waals surface area (Å²) in [5, 5.41) is 8.40. The second kappa shape index (κ2) is 5.07. The van der Waals surface area contributed by atoms with Gasteiger partial charge in [-0.1, -0.05) is 4.49 Å². The standard InChI is InChI=1S/C12H16N4OS/c1-13-12-11(14-15-18-12)8-16(9-4-5-9)7-10-3-2-6-17-10/h2-3,6,9,13H,4-5,7-8H2,1H3. The third-order valence-electron chi connectivity index (χ3n) is 3.14. The van der Waals surface area contributed by atoms with Crippen molar-refractivity contribution in [2.45, 2.75) is 32.0 Å². The highest BCUT2D eigenvalue weighted by molar-refractivity contribution is 7.10. The van der Waals surface area contributed by atoms with E-state index in [9.17, 15) is 0 Å². The zero-order valence-electron chi connectivity index (χ0n) is 10.3. The molecule has 96 valence electrons. The average molecular weight is 264 g/mol. The molecule has 0 bridgehead atoms. The Balaban J connectivity index is 1.70. The Morgan fingerprint density at radius 1 is 1.50 bits per heavy atom. The molecule has 1 saturated carbocycles. The minimum absolute atomic E-state index is 0.668. The molecule has 1 N–H and O–H groups in total. The second-order valence-corrected chi connectivity index (χ2v) is 5.27. The van der Waals surface area contributed by atoms with E-state index in [0.29, 0.717) is 6.04 Å². The summed E-state index contributed by atoms with van der Waals surface area (Å²) >= 11 is 1.41. The van der Waals surface area contributed by atoms with E-state index in [4.69, 9.17) is 4.42 Å². The fourth-order valence-electron chi connectivity index (χ4n) is 2.05. The van der Waals surface area contributed by atoms with Crippen molar-refractivity contribution in [2.24, 2.45) is 0 Å². The van der Waals surface area contributed by atoms with Crippen LogP contribution in [0.2, 0.25) is 0 Å². The molecule has 2 aromatic rings. The Morgan fingerprint density at radius 2 is 2.39 bits per heavy atom. The van der Waals surface area contributed by atoms with Gasteiger partial charge in [-0.05, 0) is 25.0 Å². The van der Waals surface area contributed by atoms with Crippen molar-refractivity contribution in [3.63, 3.8) is 0 Å². The minimum Gasteiger partial charge on any atom is -0.468 e. The first-order chi connectivity index (χ1) is 8.86. The van der Waals surface area contributed by atoms with Crippen LogP contribution in [0, 0.1) is 0 Å². The zero-order chi connectivity index (χ0) is 12.4. The van der Waals surface area contributed by atoms with Crippen molar-refractivity contribution in [1.82, 2.24) is 14.5 Å². The molecule has 3 rings (SSSR count). The molecule has 0 radical (unpaired) electrons. The highest BCUT2D eigenvalue weighted by Gasteiger charge is 2.30. The van der Waals surface area contributed by atoms with Crippen LogP contribution in [-0.2, 0) is 13.1 Å². The molecule has 18 heavy (non-hydrogen) atoms. The van der Waals surface area contributed by atoms with E-state index < -0.39 is 0 Å². The van der Waals surface area contributed by atoms with Crippen LogP contribution in [0.3, 0.4) is 0 Å². The monoisotopic (exact) mass is 264 g/mol. The summed E-state index contributed by atoms with van der Waals surface area (Å²) in [6, 6.07) is 4.62. The number of hydrogen-bond acceptors (Lipinski definition) is 6. The molecule has 2 aromatic heterocycles. The van der Waals surface area contributed by atoms with Crippen LogP contribution in [0.15, 0.2) is 22.8 Å². The maximum absolute atomic E-state index is 5.43. The maximum Gasteiger partial charge on any atom is 0.134 e. The molecule has 0 unspecified atom stereocenters. The summed E-state index contributed by atoms with van der Waals surface area (Å²) in [6.45, 7) is 1.68. The van der Waals surface area contributed by atoms with Crippen LogP contribution in [0.25, 0.3) is 0 Å². The first kappa shape index (κ1) is 11.7. The lowest BCUT2D eigenvalue weighted by atomic mass is 10.3. The van der Waals surface area contributed by atoms with Crippen LogP contribution < -0.4 is 5.32 Å². The van der Waals surface area contributed by atoms with E-state index >= 15 is 0 Å². The Hall–Kier alpha value is -1.40. The third-order valence-corrected chi connectivity index (χ3v) is 3.92. The van der Waals surface area contributed by atoms with Crippen molar-refractivity contribution < 1.29 is 4.42 Å². The van der Waals surface area contributed by atoms with E-state index in [1.807, 2.05) is 19.2 Å². The normalized spacial score (nSPS) is 15.2. The van der Waals surface area contributed by atoms with Gasteiger partial charge in [-0.3, -0.25) is 4.90 Å². The molecule has 1 aliphatic carbocycles. The molecular weight excluding hydrogens is 248 g/mol. The van der Waals surface area contributed by atoms with Gasteiger partial charge in [0.05, 0.1) is 12.8 Å². The Kier molecular flexibility index (Phi) is 3.29. The van der Waals surface area contributed by atoms with E-state index in [-0.39, 0.29) is 0 Å². The van der Waals surface area contributed by atoms with Gasteiger partial charge in [0.15, 0.2) is 0 Å². The lowest BCUT2D eigenvalue weighted by Crippen LogP contribution is -2.25. The van der Waals surface area contributed by atoms with E-state index in [2.05, 4.69) is 19.8 Å². The fourth-order valence-corrected chi connectivity index (χ4v) is 2.57. The van der Waals surface area contributed by atoms with Crippen molar-refractivity contribution in [1.29, 1.82) is 0 Å². The molecule has 1 fully saturated rings. The van der Waals surface area contributed by atoms with Gasteiger partial charge in [0.1, 0.15) is 16.5 Å². The predicted molar refractivity (Wildman–Crippen MR) is 70.4 cm³/mol. The van der Waals surface area contributed by atoms with Crippen LogP contribution >= 0.6 is 11.5 Å². The van der Waals surface area contributed by atoms with Gasteiger partial charge in [0, 0.05) is 31.2 Å². The molecule has 0 saturated heterocycles. The Bertz CT molecular complexity index is 492. The quantitative estimate of drug-likeness (QED) is 0.868. The molecule has 0 spiro atoms. The van der Waals surface area contributed by atoms with E-state index in [1.165, 1.54) is 24.4 Å². The van der Waals surface area contributed by atoms with Gasteiger partial charge in [0.25, 0.3) is 0 Å². The van der Waals surface area contributed by atoms with Crippen LogP contribution in [0.5, 0.6) is 0 Å². The zero-order valence-corrected chi connectivity index (χ0v) is 11.1. The highest BCUT2D eigenvalue weighted by atomic mass is 32.1. The number of furan rings is 1. The van der Waals surface area contributed by atoms with Crippen molar-refractivity contribution >= 4 is 16.5 Å². The number of rotatable bonds is 6. The first-order valence-corrected chi connectivity index (χ1v) is 6.89. The summed E-state index contributed by atoms with van der Waals surface area (Å²) in [5.41, 5.74) is 1.03. The average Bonchev–Trinajstić information content (AvgIpc) is 2.92.